The molecule has 86 valence electrons. The maximum absolute atomic E-state index is 12.0. The molecule has 0 bridgehead atoms. The van der Waals surface area contributed by atoms with Gasteiger partial charge in [0.15, 0.2) is 0 Å². The van der Waals surface area contributed by atoms with Crippen molar-refractivity contribution in [2.24, 2.45) is 0 Å². The average molecular weight is 304 g/mol. The Morgan fingerprint density at radius 2 is 2.12 bits per heavy atom. The van der Waals surface area contributed by atoms with Crippen molar-refractivity contribution in [2.75, 3.05) is 13.1 Å². The average Bonchev–Trinajstić information content (AvgIpc) is 2.30. The first-order valence-corrected chi connectivity index (χ1v) is 6.51. The summed E-state index contributed by atoms with van der Waals surface area (Å²) in [5.74, 6) is -0.00364. The van der Waals surface area contributed by atoms with Gasteiger partial charge in [0.1, 0.15) is 5.69 Å². The predicted molar refractivity (Wildman–Crippen MR) is 67.1 cm³/mol. The van der Waals surface area contributed by atoms with E-state index in [1.165, 1.54) is 6.20 Å². The second-order valence-corrected chi connectivity index (χ2v) is 5.56. The minimum absolute atomic E-state index is 0.00364. The number of likely N-dealkylation sites (tertiary alicyclic amines) is 1. The standard InChI is InChI=1S/C11H12BrClN2O/c12-8-3-5-15(6-4-8)11(16)10-2-1-9(13)7-14-10/h1-2,7-8H,3-6H2. The van der Waals surface area contributed by atoms with E-state index in [1.54, 1.807) is 12.1 Å². The summed E-state index contributed by atoms with van der Waals surface area (Å²) in [5.41, 5.74) is 0.470. The largest absolute Gasteiger partial charge is 0.337 e. The van der Waals surface area contributed by atoms with Gasteiger partial charge in [0.2, 0.25) is 0 Å². The summed E-state index contributed by atoms with van der Waals surface area (Å²) in [7, 11) is 0. The summed E-state index contributed by atoms with van der Waals surface area (Å²) in [6, 6.07) is 3.36. The second kappa shape index (κ2) is 5.15. The van der Waals surface area contributed by atoms with Crippen LogP contribution < -0.4 is 0 Å². The summed E-state index contributed by atoms with van der Waals surface area (Å²) in [6.07, 6.45) is 3.50. The fraction of sp³-hybridized carbons (Fsp3) is 0.455. The minimum Gasteiger partial charge on any atom is -0.337 e. The number of nitrogens with zero attached hydrogens (tertiary/aromatic N) is 2. The first-order chi connectivity index (χ1) is 7.66. The maximum Gasteiger partial charge on any atom is 0.272 e. The van der Waals surface area contributed by atoms with Gasteiger partial charge in [-0.15, -0.1) is 0 Å². The number of carbonyl (C=O) groups is 1. The number of alkyl halides is 1. The Bertz CT molecular complexity index is 374. The summed E-state index contributed by atoms with van der Waals surface area (Å²) >= 11 is 9.29. The van der Waals surface area contributed by atoms with Crippen LogP contribution in [0.2, 0.25) is 5.02 Å². The van der Waals surface area contributed by atoms with Gasteiger partial charge in [-0.3, -0.25) is 4.79 Å². The lowest BCUT2D eigenvalue weighted by Gasteiger charge is -2.29. The SMILES string of the molecule is O=C(c1ccc(Cl)cn1)N1CCC(Br)CC1. The highest BCUT2D eigenvalue weighted by Crippen LogP contribution is 2.19. The van der Waals surface area contributed by atoms with Crippen LogP contribution in [0.5, 0.6) is 0 Å². The van der Waals surface area contributed by atoms with E-state index < -0.39 is 0 Å². The van der Waals surface area contributed by atoms with E-state index in [0.717, 1.165) is 25.9 Å². The number of hydrogen-bond acceptors (Lipinski definition) is 2. The fourth-order valence-electron chi connectivity index (χ4n) is 1.72. The number of rotatable bonds is 1. The second-order valence-electron chi connectivity index (χ2n) is 3.83. The third-order valence-electron chi connectivity index (χ3n) is 2.66. The van der Waals surface area contributed by atoms with Crippen LogP contribution in [-0.4, -0.2) is 33.7 Å². The number of amides is 1. The number of hydrogen-bond donors (Lipinski definition) is 0. The summed E-state index contributed by atoms with van der Waals surface area (Å²) in [5, 5.41) is 0.552. The topological polar surface area (TPSA) is 33.2 Å². The Morgan fingerprint density at radius 3 is 2.69 bits per heavy atom. The first-order valence-electron chi connectivity index (χ1n) is 5.22. The smallest absolute Gasteiger partial charge is 0.272 e. The zero-order valence-corrected chi connectivity index (χ0v) is 11.0. The van der Waals surface area contributed by atoms with Crippen molar-refractivity contribution in [1.29, 1.82) is 0 Å². The van der Waals surface area contributed by atoms with E-state index in [2.05, 4.69) is 20.9 Å². The van der Waals surface area contributed by atoms with Gasteiger partial charge in [-0.2, -0.15) is 0 Å². The van der Waals surface area contributed by atoms with Crippen LogP contribution in [-0.2, 0) is 0 Å². The molecule has 1 saturated heterocycles. The zero-order chi connectivity index (χ0) is 11.5. The van der Waals surface area contributed by atoms with Crippen molar-refractivity contribution in [2.45, 2.75) is 17.7 Å². The minimum atomic E-state index is -0.00364. The Balaban J connectivity index is 2.05. The Labute approximate surface area is 108 Å². The van der Waals surface area contributed by atoms with Crippen molar-refractivity contribution < 1.29 is 4.79 Å². The van der Waals surface area contributed by atoms with E-state index in [4.69, 9.17) is 11.6 Å². The molecule has 1 aromatic rings. The molecule has 1 aromatic heterocycles. The molecule has 0 N–H and O–H groups in total. The third-order valence-corrected chi connectivity index (χ3v) is 3.80. The third kappa shape index (κ3) is 2.74. The van der Waals surface area contributed by atoms with E-state index in [0.29, 0.717) is 15.5 Å². The Morgan fingerprint density at radius 1 is 1.44 bits per heavy atom. The number of piperidine rings is 1. The molecule has 2 rings (SSSR count). The zero-order valence-electron chi connectivity index (χ0n) is 8.70. The molecule has 1 aliphatic heterocycles. The molecular formula is C11H12BrClN2O. The maximum atomic E-state index is 12.0. The van der Waals surface area contributed by atoms with Gasteiger partial charge < -0.3 is 4.90 Å². The Kier molecular flexibility index (Phi) is 3.82. The van der Waals surface area contributed by atoms with Gasteiger partial charge in [0, 0.05) is 24.1 Å². The van der Waals surface area contributed by atoms with Crippen LogP contribution >= 0.6 is 27.5 Å². The predicted octanol–water partition coefficient (Wildman–Crippen LogP) is 2.73. The lowest BCUT2D eigenvalue weighted by molar-refractivity contribution is 0.0722. The normalized spacial score (nSPS) is 17.5. The van der Waals surface area contributed by atoms with Gasteiger partial charge in [-0.05, 0) is 25.0 Å². The van der Waals surface area contributed by atoms with Crippen molar-refractivity contribution >= 4 is 33.4 Å². The summed E-state index contributed by atoms with van der Waals surface area (Å²) < 4.78 is 0. The number of pyridine rings is 1. The van der Waals surface area contributed by atoms with Gasteiger partial charge in [0.05, 0.1) is 5.02 Å². The highest BCUT2D eigenvalue weighted by Gasteiger charge is 2.22. The molecule has 2 heterocycles. The first kappa shape index (κ1) is 11.9. The van der Waals surface area contributed by atoms with Gasteiger partial charge in [-0.25, -0.2) is 4.98 Å². The molecule has 0 atom stereocenters. The van der Waals surface area contributed by atoms with E-state index in [-0.39, 0.29) is 5.91 Å². The molecule has 5 heteroatoms. The van der Waals surface area contributed by atoms with Gasteiger partial charge >= 0.3 is 0 Å². The molecule has 0 saturated carbocycles. The van der Waals surface area contributed by atoms with Gasteiger partial charge in [0.25, 0.3) is 5.91 Å². The van der Waals surface area contributed by atoms with Crippen LogP contribution in [0, 0.1) is 0 Å². The fourth-order valence-corrected chi connectivity index (χ4v) is 2.24. The molecule has 0 aromatic carbocycles. The number of aromatic nitrogens is 1. The molecule has 0 radical (unpaired) electrons. The lowest BCUT2D eigenvalue weighted by atomic mass is 10.1. The number of carbonyl (C=O) groups excluding carboxylic acids is 1. The molecule has 0 aliphatic carbocycles. The van der Waals surface area contributed by atoms with E-state index in [9.17, 15) is 4.79 Å². The van der Waals surface area contributed by atoms with Crippen molar-refractivity contribution in [3.63, 3.8) is 0 Å². The van der Waals surface area contributed by atoms with E-state index >= 15 is 0 Å². The molecule has 1 aliphatic rings. The molecule has 1 amide bonds. The summed E-state index contributed by atoms with van der Waals surface area (Å²) in [4.78, 5) is 18.4. The van der Waals surface area contributed by atoms with E-state index in [1.807, 2.05) is 4.90 Å². The van der Waals surface area contributed by atoms with Crippen molar-refractivity contribution in [1.82, 2.24) is 9.88 Å². The molecule has 0 unspecified atom stereocenters. The van der Waals surface area contributed by atoms with Crippen LogP contribution in [0.3, 0.4) is 0 Å². The quantitative estimate of drug-likeness (QED) is 0.747. The molecule has 16 heavy (non-hydrogen) atoms. The lowest BCUT2D eigenvalue weighted by Crippen LogP contribution is -2.39. The van der Waals surface area contributed by atoms with Gasteiger partial charge in [-0.1, -0.05) is 27.5 Å². The molecule has 1 fully saturated rings. The highest BCUT2D eigenvalue weighted by molar-refractivity contribution is 9.09. The molecule has 0 spiro atoms. The van der Waals surface area contributed by atoms with Crippen molar-refractivity contribution in [3.8, 4) is 0 Å². The van der Waals surface area contributed by atoms with Crippen LogP contribution in [0.25, 0.3) is 0 Å². The van der Waals surface area contributed by atoms with Crippen LogP contribution in [0.1, 0.15) is 23.3 Å². The Hall–Kier alpha value is -0.610. The summed E-state index contributed by atoms with van der Waals surface area (Å²) in [6.45, 7) is 1.58. The van der Waals surface area contributed by atoms with Crippen LogP contribution in [0.4, 0.5) is 0 Å². The number of halogens is 2. The highest BCUT2D eigenvalue weighted by atomic mass is 79.9. The molecular weight excluding hydrogens is 291 g/mol. The monoisotopic (exact) mass is 302 g/mol. The molecule has 3 nitrogen and oxygen atoms in total. The van der Waals surface area contributed by atoms with Crippen LogP contribution in [0.15, 0.2) is 18.3 Å². The van der Waals surface area contributed by atoms with Crippen molar-refractivity contribution in [3.05, 3.63) is 29.0 Å².